The number of fused-ring (bicyclic) bond motifs is 2. The highest BCUT2D eigenvalue weighted by Gasteiger charge is 2.30. The molecule has 0 saturated heterocycles. The summed E-state index contributed by atoms with van der Waals surface area (Å²) in [5.74, 6) is 0.0227. The van der Waals surface area contributed by atoms with Crippen LogP contribution in [0.3, 0.4) is 0 Å². The van der Waals surface area contributed by atoms with Crippen molar-refractivity contribution < 1.29 is 4.79 Å². The molecule has 0 unspecified atom stereocenters. The largest absolute Gasteiger partial charge is 0.348 e. The van der Waals surface area contributed by atoms with E-state index in [2.05, 4.69) is 24.0 Å². The summed E-state index contributed by atoms with van der Waals surface area (Å²) >= 11 is 1.20. The Kier molecular flexibility index (Phi) is 3.55. The lowest BCUT2D eigenvalue weighted by atomic mass is 10.0. The zero-order chi connectivity index (χ0) is 15.8. The van der Waals surface area contributed by atoms with Crippen LogP contribution in [0.5, 0.6) is 0 Å². The van der Waals surface area contributed by atoms with Crippen LogP contribution in [0.4, 0.5) is 0 Å². The number of H-pyrrole nitrogens is 1. The quantitative estimate of drug-likeness (QED) is 0.756. The normalized spacial score (nSPS) is 17.2. The molecule has 1 atom stereocenters. The highest BCUT2D eigenvalue weighted by Crippen LogP contribution is 2.22. The van der Waals surface area contributed by atoms with Gasteiger partial charge in [0.05, 0.1) is 23.7 Å². The molecule has 2 aromatic heterocycles. The minimum absolute atomic E-state index is 0.0227. The first-order valence-electron chi connectivity index (χ1n) is 7.44. The van der Waals surface area contributed by atoms with Gasteiger partial charge in [0.15, 0.2) is 0 Å². The number of hydrogen-bond acceptors (Lipinski definition) is 6. The Morgan fingerprint density at radius 2 is 2.26 bits per heavy atom. The Hall–Kier alpha value is -2.32. The van der Waals surface area contributed by atoms with Crippen molar-refractivity contribution in [3.8, 4) is 0 Å². The van der Waals surface area contributed by atoms with Gasteiger partial charge in [0.25, 0.3) is 0 Å². The fourth-order valence-corrected chi connectivity index (χ4v) is 3.44. The van der Waals surface area contributed by atoms with Gasteiger partial charge in [-0.3, -0.25) is 4.79 Å². The molecule has 2 N–H and O–H groups in total. The SMILES string of the molecule is CN(Cc1ccc2nsnc2c1)C(=O)[C@H]1NCCc2[nH]cnc21. The molecule has 1 aliphatic rings. The first-order valence-corrected chi connectivity index (χ1v) is 8.17. The number of rotatable bonds is 3. The van der Waals surface area contributed by atoms with Crippen molar-refractivity contribution in [2.24, 2.45) is 0 Å². The van der Waals surface area contributed by atoms with Gasteiger partial charge in [-0.05, 0) is 17.7 Å². The molecule has 8 heteroatoms. The minimum atomic E-state index is -0.375. The van der Waals surface area contributed by atoms with Crippen LogP contribution in [-0.4, -0.2) is 43.1 Å². The van der Waals surface area contributed by atoms with E-state index < -0.39 is 0 Å². The molecule has 0 radical (unpaired) electrons. The number of carbonyl (C=O) groups excluding carboxylic acids is 1. The van der Waals surface area contributed by atoms with Crippen molar-refractivity contribution in [2.75, 3.05) is 13.6 Å². The summed E-state index contributed by atoms with van der Waals surface area (Å²) in [6.07, 6.45) is 2.53. The molecule has 0 fully saturated rings. The van der Waals surface area contributed by atoms with E-state index in [1.54, 1.807) is 11.2 Å². The average Bonchev–Trinajstić information content (AvgIpc) is 3.21. The molecule has 1 aromatic carbocycles. The van der Waals surface area contributed by atoms with Crippen LogP contribution >= 0.6 is 11.7 Å². The second-order valence-corrected chi connectivity index (χ2v) is 6.21. The summed E-state index contributed by atoms with van der Waals surface area (Å²) in [7, 11) is 1.81. The molecule has 0 spiro atoms. The van der Waals surface area contributed by atoms with Gasteiger partial charge in [0.1, 0.15) is 17.1 Å². The Bertz CT molecular complexity index is 856. The van der Waals surface area contributed by atoms with Gasteiger partial charge in [0, 0.05) is 32.3 Å². The number of nitrogens with one attached hydrogen (secondary N) is 2. The topological polar surface area (TPSA) is 86.8 Å². The summed E-state index contributed by atoms with van der Waals surface area (Å²) < 4.78 is 8.44. The fourth-order valence-electron chi connectivity index (χ4n) is 2.92. The number of benzene rings is 1. The van der Waals surface area contributed by atoms with Crippen molar-refractivity contribution in [1.82, 2.24) is 28.9 Å². The fraction of sp³-hybridized carbons (Fsp3) is 0.333. The van der Waals surface area contributed by atoms with E-state index in [0.29, 0.717) is 6.54 Å². The summed E-state index contributed by atoms with van der Waals surface area (Å²) in [6.45, 7) is 1.31. The maximum atomic E-state index is 12.8. The number of aromatic amines is 1. The number of imidazole rings is 1. The number of likely N-dealkylation sites (N-methyl/N-ethyl adjacent to an activating group) is 1. The third-order valence-electron chi connectivity index (χ3n) is 4.11. The van der Waals surface area contributed by atoms with Crippen LogP contribution in [0.1, 0.15) is 23.0 Å². The lowest BCUT2D eigenvalue weighted by Crippen LogP contribution is -2.42. The molecule has 1 amide bonds. The van der Waals surface area contributed by atoms with Crippen molar-refractivity contribution in [1.29, 1.82) is 0 Å². The molecular formula is C15H16N6OS. The molecule has 0 saturated carbocycles. The minimum Gasteiger partial charge on any atom is -0.348 e. The van der Waals surface area contributed by atoms with Gasteiger partial charge < -0.3 is 15.2 Å². The average molecular weight is 328 g/mol. The maximum Gasteiger partial charge on any atom is 0.246 e. The van der Waals surface area contributed by atoms with Crippen LogP contribution < -0.4 is 5.32 Å². The Morgan fingerprint density at radius 3 is 3.17 bits per heavy atom. The first-order chi connectivity index (χ1) is 11.2. The van der Waals surface area contributed by atoms with Crippen LogP contribution in [0.25, 0.3) is 11.0 Å². The van der Waals surface area contributed by atoms with E-state index >= 15 is 0 Å². The molecule has 4 rings (SSSR count). The van der Waals surface area contributed by atoms with E-state index in [4.69, 9.17) is 0 Å². The molecule has 118 valence electrons. The van der Waals surface area contributed by atoms with E-state index in [9.17, 15) is 4.79 Å². The van der Waals surface area contributed by atoms with Gasteiger partial charge >= 0.3 is 0 Å². The van der Waals surface area contributed by atoms with Crippen molar-refractivity contribution in [3.63, 3.8) is 0 Å². The Morgan fingerprint density at radius 1 is 1.39 bits per heavy atom. The van der Waals surface area contributed by atoms with Crippen molar-refractivity contribution in [3.05, 3.63) is 41.5 Å². The summed E-state index contributed by atoms with van der Waals surface area (Å²) in [5, 5.41) is 3.26. The Labute approximate surface area is 137 Å². The van der Waals surface area contributed by atoms with Crippen molar-refractivity contribution >= 4 is 28.7 Å². The van der Waals surface area contributed by atoms with Gasteiger partial charge in [-0.15, -0.1) is 0 Å². The van der Waals surface area contributed by atoms with Gasteiger partial charge in [0.2, 0.25) is 5.91 Å². The molecule has 23 heavy (non-hydrogen) atoms. The number of amides is 1. The van der Waals surface area contributed by atoms with E-state index in [1.807, 2.05) is 25.2 Å². The van der Waals surface area contributed by atoms with Gasteiger partial charge in [-0.25, -0.2) is 4.98 Å². The smallest absolute Gasteiger partial charge is 0.246 e. The number of nitrogens with zero attached hydrogens (tertiary/aromatic N) is 4. The lowest BCUT2D eigenvalue weighted by molar-refractivity contribution is -0.133. The Balaban J connectivity index is 1.53. The van der Waals surface area contributed by atoms with Crippen LogP contribution in [0, 0.1) is 0 Å². The highest BCUT2D eigenvalue weighted by atomic mass is 32.1. The maximum absolute atomic E-state index is 12.8. The predicted octanol–water partition coefficient (Wildman–Crippen LogP) is 1.26. The predicted molar refractivity (Wildman–Crippen MR) is 86.9 cm³/mol. The van der Waals surface area contributed by atoms with Crippen LogP contribution in [0.2, 0.25) is 0 Å². The third-order valence-corrected chi connectivity index (χ3v) is 4.67. The monoisotopic (exact) mass is 328 g/mol. The second-order valence-electron chi connectivity index (χ2n) is 5.69. The highest BCUT2D eigenvalue weighted by molar-refractivity contribution is 7.00. The number of carbonyl (C=O) groups is 1. The molecule has 3 heterocycles. The number of aromatic nitrogens is 4. The van der Waals surface area contributed by atoms with Crippen LogP contribution in [-0.2, 0) is 17.8 Å². The first kappa shape index (κ1) is 14.3. The summed E-state index contributed by atoms with van der Waals surface area (Å²) in [6, 6.07) is 5.54. The van der Waals surface area contributed by atoms with Crippen LogP contribution in [0.15, 0.2) is 24.5 Å². The lowest BCUT2D eigenvalue weighted by Gasteiger charge is -2.27. The zero-order valence-corrected chi connectivity index (χ0v) is 13.4. The van der Waals surface area contributed by atoms with Gasteiger partial charge in [-0.2, -0.15) is 8.75 Å². The number of hydrogen-bond donors (Lipinski definition) is 2. The summed E-state index contributed by atoms with van der Waals surface area (Å²) in [5.41, 5.74) is 4.67. The molecule has 0 aliphatic carbocycles. The molecule has 0 bridgehead atoms. The van der Waals surface area contributed by atoms with E-state index in [1.165, 1.54) is 11.7 Å². The molecule has 3 aromatic rings. The zero-order valence-electron chi connectivity index (χ0n) is 12.6. The molecular weight excluding hydrogens is 312 g/mol. The molecule has 7 nitrogen and oxygen atoms in total. The third kappa shape index (κ3) is 2.60. The van der Waals surface area contributed by atoms with Crippen molar-refractivity contribution in [2.45, 2.75) is 19.0 Å². The van der Waals surface area contributed by atoms with Gasteiger partial charge in [-0.1, -0.05) is 6.07 Å². The summed E-state index contributed by atoms with van der Waals surface area (Å²) in [4.78, 5) is 21.9. The standard InChI is InChI=1S/C15H16N6OS/c1-21(7-9-2-3-10-12(6-9)20-23-19-10)15(22)14-13-11(4-5-16-14)17-8-18-13/h2-3,6,8,14,16H,4-5,7H2,1H3,(H,17,18)/t14-/m0/s1. The van der Waals surface area contributed by atoms with E-state index in [0.717, 1.165) is 41.0 Å². The second kappa shape index (κ2) is 5.71. The molecule has 1 aliphatic heterocycles. The van der Waals surface area contributed by atoms with E-state index in [-0.39, 0.29) is 11.9 Å².